The van der Waals surface area contributed by atoms with Crippen molar-refractivity contribution >= 4 is 11.9 Å². The van der Waals surface area contributed by atoms with Crippen LogP contribution in [0.2, 0.25) is 0 Å². The number of carboxylic acid groups (broad SMARTS) is 1. The Balaban J connectivity index is 2.19. The summed E-state index contributed by atoms with van der Waals surface area (Å²) in [6.07, 6.45) is 7.66. The summed E-state index contributed by atoms with van der Waals surface area (Å²) in [5, 5.41) is 9.72. The van der Waals surface area contributed by atoms with Crippen molar-refractivity contribution in [1.82, 2.24) is 4.90 Å². The predicted molar refractivity (Wildman–Crippen MR) is 72.8 cm³/mol. The summed E-state index contributed by atoms with van der Waals surface area (Å²) < 4.78 is 0. The first-order valence-electron chi connectivity index (χ1n) is 7.64. The second-order valence-corrected chi connectivity index (χ2v) is 6.04. The lowest BCUT2D eigenvalue weighted by Crippen LogP contribution is -2.58. The molecule has 0 bridgehead atoms. The Morgan fingerprint density at radius 3 is 2.58 bits per heavy atom. The summed E-state index contributed by atoms with van der Waals surface area (Å²) in [5.41, 5.74) is -0.910. The Morgan fingerprint density at radius 2 is 2.00 bits per heavy atom. The smallest absolute Gasteiger partial charge is 0.329 e. The maximum absolute atomic E-state index is 12.2. The van der Waals surface area contributed by atoms with E-state index in [1.54, 1.807) is 4.90 Å². The Kier molecular flexibility index (Phi) is 4.48. The van der Waals surface area contributed by atoms with Gasteiger partial charge in [0.05, 0.1) is 0 Å². The molecule has 0 aromatic carbocycles. The summed E-state index contributed by atoms with van der Waals surface area (Å²) >= 11 is 0. The molecule has 1 aliphatic carbocycles. The van der Waals surface area contributed by atoms with Gasteiger partial charge in [-0.15, -0.1) is 0 Å². The zero-order chi connectivity index (χ0) is 13.9. The SMILES string of the molecule is CCC1CCC(C(=O)O)(N2CCCCCC2=O)CC1. The summed E-state index contributed by atoms with van der Waals surface area (Å²) in [4.78, 5) is 25.8. The number of carbonyl (C=O) groups excluding carboxylic acids is 1. The molecule has 2 rings (SSSR count). The number of aliphatic carboxylic acids is 1. The average molecular weight is 267 g/mol. The zero-order valence-electron chi connectivity index (χ0n) is 11.9. The minimum absolute atomic E-state index is 0.0508. The molecule has 108 valence electrons. The van der Waals surface area contributed by atoms with Gasteiger partial charge in [-0.3, -0.25) is 4.79 Å². The second-order valence-electron chi connectivity index (χ2n) is 6.04. The summed E-state index contributed by atoms with van der Waals surface area (Å²) in [5.74, 6) is -0.110. The van der Waals surface area contributed by atoms with Crippen LogP contribution < -0.4 is 0 Å². The number of rotatable bonds is 3. The molecule has 4 nitrogen and oxygen atoms in total. The molecule has 1 saturated carbocycles. The molecule has 0 radical (unpaired) electrons. The van der Waals surface area contributed by atoms with Crippen molar-refractivity contribution in [3.8, 4) is 0 Å². The minimum atomic E-state index is -0.910. The Morgan fingerprint density at radius 1 is 1.32 bits per heavy atom. The van der Waals surface area contributed by atoms with Gasteiger partial charge in [0.25, 0.3) is 0 Å². The highest BCUT2D eigenvalue weighted by Gasteiger charge is 2.48. The third-order valence-electron chi connectivity index (χ3n) is 5.00. The van der Waals surface area contributed by atoms with Crippen LogP contribution in [0, 0.1) is 5.92 Å². The van der Waals surface area contributed by atoms with E-state index in [4.69, 9.17) is 0 Å². The van der Waals surface area contributed by atoms with E-state index in [0.717, 1.165) is 38.5 Å². The number of carboxylic acids is 1. The molecule has 0 aromatic rings. The normalized spacial score (nSPS) is 33.0. The topological polar surface area (TPSA) is 57.6 Å². The molecule has 1 amide bonds. The van der Waals surface area contributed by atoms with E-state index < -0.39 is 11.5 Å². The maximum atomic E-state index is 12.2. The van der Waals surface area contributed by atoms with Crippen molar-refractivity contribution in [1.29, 1.82) is 0 Å². The van der Waals surface area contributed by atoms with E-state index in [-0.39, 0.29) is 5.91 Å². The van der Waals surface area contributed by atoms with Gasteiger partial charge < -0.3 is 10.0 Å². The van der Waals surface area contributed by atoms with Crippen molar-refractivity contribution in [3.63, 3.8) is 0 Å². The largest absolute Gasteiger partial charge is 0.479 e. The van der Waals surface area contributed by atoms with Crippen LogP contribution >= 0.6 is 0 Å². The lowest BCUT2D eigenvalue weighted by atomic mass is 9.74. The van der Waals surface area contributed by atoms with Crippen LogP contribution in [-0.4, -0.2) is 34.0 Å². The molecule has 4 heteroatoms. The van der Waals surface area contributed by atoms with Gasteiger partial charge in [-0.25, -0.2) is 4.79 Å². The van der Waals surface area contributed by atoms with Gasteiger partial charge in [-0.2, -0.15) is 0 Å². The van der Waals surface area contributed by atoms with Crippen molar-refractivity contribution in [2.45, 2.75) is 70.3 Å². The molecule has 0 atom stereocenters. The van der Waals surface area contributed by atoms with Gasteiger partial charge in [0, 0.05) is 13.0 Å². The molecule has 0 spiro atoms. The van der Waals surface area contributed by atoms with Crippen LogP contribution in [0.5, 0.6) is 0 Å². The van der Waals surface area contributed by atoms with E-state index in [1.165, 1.54) is 0 Å². The summed E-state index contributed by atoms with van der Waals surface area (Å²) in [6, 6.07) is 0. The standard InChI is InChI=1S/C15H25NO3/c1-2-12-7-9-15(10-8-12,14(18)19)16-11-5-3-4-6-13(16)17/h12H,2-11H2,1H3,(H,18,19). The molecule has 1 saturated heterocycles. The number of hydrogen-bond donors (Lipinski definition) is 1. The van der Waals surface area contributed by atoms with E-state index in [9.17, 15) is 14.7 Å². The van der Waals surface area contributed by atoms with Crippen LogP contribution in [-0.2, 0) is 9.59 Å². The Hall–Kier alpha value is -1.06. The predicted octanol–water partition coefficient (Wildman–Crippen LogP) is 2.81. The van der Waals surface area contributed by atoms with Crippen molar-refractivity contribution in [2.24, 2.45) is 5.92 Å². The number of amides is 1. The summed E-state index contributed by atoms with van der Waals surface area (Å²) in [6.45, 7) is 2.79. The van der Waals surface area contributed by atoms with Crippen LogP contribution in [0.3, 0.4) is 0 Å². The van der Waals surface area contributed by atoms with Crippen LogP contribution in [0.1, 0.15) is 64.7 Å². The second kappa shape index (κ2) is 5.93. The average Bonchev–Trinajstić information content (AvgIpc) is 2.63. The van der Waals surface area contributed by atoms with Crippen LogP contribution in [0.15, 0.2) is 0 Å². The fourth-order valence-electron chi connectivity index (χ4n) is 3.60. The monoisotopic (exact) mass is 267 g/mol. The van der Waals surface area contributed by atoms with Crippen molar-refractivity contribution in [2.75, 3.05) is 6.54 Å². The van der Waals surface area contributed by atoms with Gasteiger partial charge in [0.1, 0.15) is 5.54 Å². The molecule has 1 aliphatic heterocycles. The maximum Gasteiger partial charge on any atom is 0.329 e. The molecule has 0 unspecified atom stereocenters. The quantitative estimate of drug-likeness (QED) is 0.855. The Labute approximate surface area is 115 Å². The van der Waals surface area contributed by atoms with Crippen molar-refractivity contribution < 1.29 is 14.7 Å². The molecule has 2 fully saturated rings. The molecule has 19 heavy (non-hydrogen) atoms. The van der Waals surface area contributed by atoms with E-state index >= 15 is 0 Å². The summed E-state index contributed by atoms with van der Waals surface area (Å²) in [7, 11) is 0. The van der Waals surface area contributed by atoms with E-state index in [1.807, 2.05) is 0 Å². The van der Waals surface area contributed by atoms with Crippen molar-refractivity contribution in [3.05, 3.63) is 0 Å². The fourth-order valence-corrected chi connectivity index (χ4v) is 3.60. The number of nitrogens with zero attached hydrogens (tertiary/aromatic N) is 1. The highest BCUT2D eigenvalue weighted by atomic mass is 16.4. The van der Waals surface area contributed by atoms with Gasteiger partial charge in [0.2, 0.25) is 5.91 Å². The minimum Gasteiger partial charge on any atom is -0.479 e. The zero-order valence-corrected chi connectivity index (χ0v) is 11.9. The van der Waals surface area contributed by atoms with Gasteiger partial charge in [-0.1, -0.05) is 19.8 Å². The molecule has 1 N–H and O–H groups in total. The first-order valence-corrected chi connectivity index (χ1v) is 7.64. The number of hydrogen-bond acceptors (Lipinski definition) is 2. The Bertz CT molecular complexity index is 345. The van der Waals surface area contributed by atoms with Gasteiger partial charge in [-0.05, 0) is 44.4 Å². The molecule has 2 aliphatic rings. The van der Waals surface area contributed by atoms with E-state index in [0.29, 0.717) is 31.7 Å². The first kappa shape index (κ1) is 14.4. The molecular formula is C15H25NO3. The lowest BCUT2D eigenvalue weighted by molar-refractivity contribution is -0.162. The van der Waals surface area contributed by atoms with Gasteiger partial charge >= 0.3 is 5.97 Å². The molecular weight excluding hydrogens is 242 g/mol. The van der Waals surface area contributed by atoms with E-state index in [2.05, 4.69) is 6.92 Å². The molecule has 0 aromatic heterocycles. The highest BCUT2D eigenvalue weighted by Crippen LogP contribution is 2.39. The number of likely N-dealkylation sites (tertiary alicyclic amines) is 1. The molecule has 1 heterocycles. The van der Waals surface area contributed by atoms with Crippen LogP contribution in [0.4, 0.5) is 0 Å². The fraction of sp³-hybridized carbons (Fsp3) is 0.867. The highest BCUT2D eigenvalue weighted by molar-refractivity contribution is 5.87. The number of carbonyl (C=O) groups is 2. The third-order valence-corrected chi connectivity index (χ3v) is 5.00. The lowest BCUT2D eigenvalue weighted by Gasteiger charge is -2.44. The first-order chi connectivity index (χ1) is 9.10. The third kappa shape index (κ3) is 2.77. The van der Waals surface area contributed by atoms with Gasteiger partial charge in [0.15, 0.2) is 0 Å². The van der Waals surface area contributed by atoms with Crippen LogP contribution in [0.25, 0.3) is 0 Å².